The number of nitrogens with zero attached hydrogens (tertiary/aromatic N) is 2. The van der Waals surface area contributed by atoms with Crippen LogP contribution in [0.1, 0.15) is 63.9 Å². The summed E-state index contributed by atoms with van der Waals surface area (Å²) in [6.45, 7) is 1.90. The van der Waals surface area contributed by atoms with Crippen molar-refractivity contribution in [1.82, 2.24) is 10.2 Å². The Morgan fingerprint density at radius 2 is 1.65 bits per heavy atom. The van der Waals surface area contributed by atoms with Crippen LogP contribution in [0.25, 0.3) is 0 Å². The van der Waals surface area contributed by atoms with Gasteiger partial charge >= 0.3 is 0 Å². The SMILES string of the molecule is CCC(C(=O)NC1CCCCC1)N(Cc1c(Cl)cccc1Cl)C(=O)CCCN(c1cc(Cl)ccc1Cl)S(C)(=O)=O. The maximum absolute atomic E-state index is 13.7. The van der Waals surface area contributed by atoms with Crippen LogP contribution in [0.3, 0.4) is 0 Å². The van der Waals surface area contributed by atoms with E-state index in [9.17, 15) is 18.0 Å². The van der Waals surface area contributed by atoms with E-state index in [4.69, 9.17) is 46.4 Å². The van der Waals surface area contributed by atoms with Gasteiger partial charge in [0.05, 0.1) is 17.0 Å². The molecule has 7 nitrogen and oxygen atoms in total. The predicted octanol–water partition coefficient (Wildman–Crippen LogP) is 7.10. The summed E-state index contributed by atoms with van der Waals surface area (Å²) in [7, 11) is -3.72. The number of anilines is 1. The predicted molar refractivity (Wildman–Crippen MR) is 164 cm³/mol. The molecule has 0 spiro atoms. The quantitative estimate of drug-likeness (QED) is 0.265. The number of amides is 2. The third-order valence-corrected chi connectivity index (χ3v) is 9.50. The molecule has 40 heavy (non-hydrogen) atoms. The van der Waals surface area contributed by atoms with Crippen molar-refractivity contribution in [3.8, 4) is 0 Å². The van der Waals surface area contributed by atoms with Crippen LogP contribution < -0.4 is 9.62 Å². The first-order valence-corrected chi connectivity index (χ1v) is 16.7. The second-order valence-electron chi connectivity index (χ2n) is 10.0. The van der Waals surface area contributed by atoms with Crippen LogP contribution in [-0.4, -0.2) is 50.0 Å². The topological polar surface area (TPSA) is 86.8 Å². The lowest BCUT2D eigenvalue weighted by atomic mass is 9.95. The van der Waals surface area contributed by atoms with Crippen molar-refractivity contribution in [2.75, 3.05) is 17.1 Å². The van der Waals surface area contributed by atoms with Crippen molar-refractivity contribution < 1.29 is 18.0 Å². The lowest BCUT2D eigenvalue weighted by Crippen LogP contribution is -2.51. The summed E-state index contributed by atoms with van der Waals surface area (Å²) in [6.07, 6.45) is 6.74. The fraction of sp³-hybridized carbons (Fsp3) is 0.500. The first-order valence-electron chi connectivity index (χ1n) is 13.4. The van der Waals surface area contributed by atoms with Crippen LogP contribution in [0.5, 0.6) is 0 Å². The third-order valence-electron chi connectivity index (χ3n) is 7.06. The van der Waals surface area contributed by atoms with Gasteiger partial charge in [-0.2, -0.15) is 0 Å². The molecular formula is C28H35Cl4N3O4S. The number of carbonyl (C=O) groups is 2. The maximum Gasteiger partial charge on any atom is 0.243 e. The van der Waals surface area contributed by atoms with Crippen LogP contribution in [0.4, 0.5) is 5.69 Å². The van der Waals surface area contributed by atoms with E-state index in [-0.39, 0.29) is 54.5 Å². The van der Waals surface area contributed by atoms with Gasteiger partial charge in [-0.05, 0) is 56.0 Å². The molecule has 2 aromatic rings. The van der Waals surface area contributed by atoms with Crippen molar-refractivity contribution in [3.05, 3.63) is 62.1 Å². The van der Waals surface area contributed by atoms with Crippen LogP contribution in [0, 0.1) is 0 Å². The molecule has 0 aromatic heterocycles. The van der Waals surface area contributed by atoms with Gasteiger partial charge in [-0.25, -0.2) is 8.42 Å². The van der Waals surface area contributed by atoms with Crippen molar-refractivity contribution in [2.24, 2.45) is 0 Å². The average Bonchev–Trinajstić information content (AvgIpc) is 2.89. The Morgan fingerprint density at radius 1 is 1.00 bits per heavy atom. The molecule has 1 aliphatic carbocycles. The lowest BCUT2D eigenvalue weighted by Gasteiger charge is -2.33. The Morgan fingerprint density at radius 3 is 2.25 bits per heavy atom. The highest BCUT2D eigenvalue weighted by Gasteiger charge is 2.31. The normalized spacial score (nSPS) is 14.9. The van der Waals surface area contributed by atoms with E-state index >= 15 is 0 Å². The fourth-order valence-electron chi connectivity index (χ4n) is 4.98. The number of carbonyl (C=O) groups excluding carboxylic acids is 2. The van der Waals surface area contributed by atoms with Crippen molar-refractivity contribution >= 4 is 73.9 Å². The number of sulfonamides is 1. The number of hydrogen-bond acceptors (Lipinski definition) is 4. The van der Waals surface area contributed by atoms with E-state index in [2.05, 4.69) is 5.32 Å². The molecule has 220 valence electrons. The molecule has 1 saturated carbocycles. The highest BCUT2D eigenvalue weighted by atomic mass is 35.5. The van der Waals surface area contributed by atoms with Crippen LogP contribution in [-0.2, 0) is 26.2 Å². The van der Waals surface area contributed by atoms with E-state index in [0.717, 1.165) is 42.7 Å². The van der Waals surface area contributed by atoms with Gasteiger partial charge in [0.25, 0.3) is 0 Å². The molecule has 2 amide bonds. The van der Waals surface area contributed by atoms with E-state index in [1.807, 2.05) is 6.92 Å². The largest absolute Gasteiger partial charge is 0.352 e. The van der Waals surface area contributed by atoms with E-state index in [0.29, 0.717) is 27.1 Å². The van der Waals surface area contributed by atoms with Gasteiger partial charge in [0, 0.05) is 46.2 Å². The minimum absolute atomic E-state index is 0.00358. The Labute approximate surface area is 257 Å². The molecule has 1 aliphatic rings. The number of benzene rings is 2. The molecule has 0 saturated heterocycles. The number of halogens is 4. The molecule has 0 heterocycles. The molecular weight excluding hydrogens is 616 g/mol. The molecule has 0 bridgehead atoms. The van der Waals surface area contributed by atoms with Gasteiger partial charge in [0.1, 0.15) is 6.04 Å². The highest BCUT2D eigenvalue weighted by Crippen LogP contribution is 2.31. The Bertz CT molecular complexity index is 1280. The molecule has 3 rings (SSSR count). The van der Waals surface area contributed by atoms with E-state index in [1.54, 1.807) is 24.3 Å². The highest BCUT2D eigenvalue weighted by molar-refractivity contribution is 7.92. The van der Waals surface area contributed by atoms with Crippen molar-refractivity contribution in [3.63, 3.8) is 0 Å². The average molecular weight is 651 g/mol. The second kappa shape index (κ2) is 15.0. The monoisotopic (exact) mass is 649 g/mol. The first kappa shape index (κ1) is 32.8. The van der Waals surface area contributed by atoms with Gasteiger partial charge in [0.15, 0.2) is 0 Å². The minimum atomic E-state index is -3.72. The van der Waals surface area contributed by atoms with Crippen LogP contribution in [0.2, 0.25) is 20.1 Å². The zero-order valence-electron chi connectivity index (χ0n) is 22.6. The number of nitrogens with one attached hydrogen (secondary N) is 1. The summed E-state index contributed by atoms with van der Waals surface area (Å²) >= 11 is 25.2. The molecule has 0 radical (unpaired) electrons. The summed E-state index contributed by atoms with van der Waals surface area (Å²) in [5.41, 5.74) is 0.786. The first-order chi connectivity index (χ1) is 18.9. The molecule has 1 fully saturated rings. The second-order valence-corrected chi connectivity index (χ2v) is 13.6. The van der Waals surface area contributed by atoms with Gasteiger partial charge in [-0.15, -0.1) is 0 Å². The molecule has 0 aliphatic heterocycles. The van der Waals surface area contributed by atoms with Gasteiger partial charge in [-0.1, -0.05) is 78.7 Å². The Hall–Kier alpha value is -1.71. The Balaban J connectivity index is 1.82. The summed E-state index contributed by atoms with van der Waals surface area (Å²) in [4.78, 5) is 28.6. The summed E-state index contributed by atoms with van der Waals surface area (Å²) in [5, 5.41) is 4.48. The van der Waals surface area contributed by atoms with Gasteiger partial charge < -0.3 is 10.2 Å². The zero-order valence-corrected chi connectivity index (χ0v) is 26.5. The summed E-state index contributed by atoms with van der Waals surface area (Å²) in [6, 6.07) is 9.00. The molecule has 1 atom stereocenters. The molecule has 1 N–H and O–H groups in total. The maximum atomic E-state index is 13.7. The minimum Gasteiger partial charge on any atom is -0.352 e. The van der Waals surface area contributed by atoms with E-state index in [1.165, 1.54) is 17.0 Å². The zero-order chi connectivity index (χ0) is 29.4. The van der Waals surface area contributed by atoms with Crippen molar-refractivity contribution in [1.29, 1.82) is 0 Å². The molecule has 1 unspecified atom stereocenters. The fourth-order valence-corrected chi connectivity index (χ4v) is 6.90. The van der Waals surface area contributed by atoms with Crippen LogP contribution in [0.15, 0.2) is 36.4 Å². The molecule has 2 aromatic carbocycles. The van der Waals surface area contributed by atoms with Crippen molar-refractivity contribution in [2.45, 2.75) is 76.9 Å². The van der Waals surface area contributed by atoms with Gasteiger partial charge in [0.2, 0.25) is 21.8 Å². The van der Waals surface area contributed by atoms with Crippen LogP contribution >= 0.6 is 46.4 Å². The smallest absolute Gasteiger partial charge is 0.243 e. The third kappa shape index (κ3) is 8.89. The number of hydrogen-bond donors (Lipinski definition) is 1. The standard InChI is InChI=1S/C28H35Cl4N3O4S/c1-3-25(28(37)33-20-9-5-4-6-10-20)34(18-21-22(30)11-7-12-23(21)31)27(36)13-8-16-35(40(2,38)39)26-17-19(29)14-15-24(26)32/h7,11-12,14-15,17,20,25H,3-6,8-10,13,16,18H2,1-2H3,(H,33,37). The molecule has 12 heteroatoms. The van der Waals surface area contributed by atoms with Gasteiger partial charge in [-0.3, -0.25) is 13.9 Å². The summed E-state index contributed by atoms with van der Waals surface area (Å²) in [5.74, 6) is -0.526. The Kier molecular flexibility index (Phi) is 12.3. The lowest BCUT2D eigenvalue weighted by molar-refractivity contribution is -0.141. The number of rotatable bonds is 12. The summed E-state index contributed by atoms with van der Waals surface area (Å²) < 4.78 is 26.3. The van der Waals surface area contributed by atoms with E-state index < -0.39 is 16.1 Å².